The molecule has 1 aromatic heterocycles. The minimum atomic E-state index is -0.952. The molecule has 16 heavy (non-hydrogen) atoms. The SMILES string of the molecule is Cc1nn(CCCC(C)(N)C(N)=O)cc1Cl. The van der Waals surface area contributed by atoms with Crippen LogP contribution in [0.4, 0.5) is 0 Å². The van der Waals surface area contributed by atoms with Crippen LogP contribution in [0.2, 0.25) is 5.02 Å². The first-order chi connectivity index (χ1) is 7.33. The lowest BCUT2D eigenvalue weighted by molar-refractivity contribution is -0.122. The van der Waals surface area contributed by atoms with Crippen molar-refractivity contribution in [2.75, 3.05) is 0 Å². The summed E-state index contributed by atoms with van der Waals surface area (Å²) >= 11 is 5.87. The number of halogens is 1. The van der Waals surface area contributed by atoms with Crippen LogP contribution in [0.3, 0.4) is 0 Å². The molecule has 0 aliphatic carbocycles. The molecule has 0 aliphatic heterocycles. The van der Waals surface area contributed by atoms with Crippen LogP contribution in [0.25, 0.3) is 0 Å². The third kappa shape index (κ3) is 3.21. The van der Waals surface area contributed by atoms with E-state index in [-0.39, 0.29) is 0 Å². The van der Waals surface area contributed by atoms with Gasteiger partial charge in [0.25, 0.3) is 0 Å². The molecule has 6 heteroatoms. The molecular weight excluding hydrogens is 228 g/mol. The van der Waals surface area contributed by atoms with E-state index in [1.54, 1.807) is 17.8 Å². The van der Waals surface area contributed by atoms with Gasteiger partial charge in [0, 0.05) is 12.7 Å². The maximum Gasteiger partial charge on any atom is 0.237 e. The predicted molar refractivity (Wildman–Crippen MR) is 63.0 cm³/mol. The van der Waals surface area contributed by atoms with Gasteiger partial charge in [-0.15, -0.1) is 0 Å². The number of nitrogens with zero attached hydrogens (tertiary/aromatic N) is 2. The molecule has 1 rings (SSSR count). The third-order valence-corrected chi connectivity index (χ3v) is 2.90. The highest BCUT2D eigenvalue weighted by Crippen LogP contribution is 2.14. The molecule has 1 amide bonds. The average molecular weight is 245 g/mol. The fourth-order valence-electron chi connectivity index (χ4n) is 1.34. The van der Waals surface area contributed by atoms with Crippen LogP contribution in [-0.4, -0.2) is 21.2 Å². The van der Waals surface area contributed by atoms with Gasteiger partial charge in [0.05, 0.1) is 16.3 Å². The second-order valence-electron chi connectivity index (χ2n) is 4.21. The maximum absolute atomic E-state index is 11.0. The zero-order valence-electron chi connectivity index (χ0n) is 9.53. The number of aromatic nitrogens is 2. The molecule has 0 saturated heterocycles. The quantitative estimate of drug-likeness (QED) is 0.804. The first kappa shape index (κ1) is 13.0. The molecule has 0 aromatic carbocycles. The van der Waals surface area contributed by atoms with Gasteiger partial charge in [-0.3, -0.25) is 9.48 Å². The van der Waals surface area contributed by atoms with Gasteiger partial charge >= 0.3 is 0 Å². The number of amides is 1. The van der Waals surface area contributed by atoms with Crippen LogP contribution in [0, 0.1) is 6.92 Å². The highest BCUT2D eigenvalue weighted by Gasteiger charge is 2.24. The van der Waals surface area contributed by atoms with E-state index < -0.39 is 11.4 Å². The van der Waals surface area contributed by atoms with Crippen molar-refractivity contribution >= 4 is 17.5 Å². The first-order valence-corrected chi connectivity index (χ1v) is 5.49. The number of aryl methyl sites for hydroxylation is 2. The average Bonchev–Trinajstić information content (AvgIpc) is 2.45. The summed E-state index contributed by atoms with van der Waals surface area (Å²) in [6.45, 7) is 4.15. The Morgan fingerprint density at radius 2 is 2.31 bits per heavy atom. The van der Waals surface area contributed by atoms with Crippen LogP contribution in [0.1, 0.15) is 25.5 Å². The number of rotatable bonds is 5. The van der Waals surface area contributed by atoms with Crippen molar-refractivity contribution in [3.8, 4) is 0 Å². The highest BCUT2D eigenvalue weighted by molar-refractivity contribution is 6.31. The van der Waals surface area contributed by atoms with Gasteiger partial charge in [0.1, 0.15) is 0 Å². The number of hydrogen-bond donors (Lipinski definition) is 2. The van der Waals surface area contributed by atoms with Crippen LogP contribution in [-0.2, 0) is 11.3 Å². The van der Waals surface area contributed by atoms with E-state index >= 15 is 0 Å². The van der Waals surface area contributed by atoms with Crippen molar-refractivity contribution in [3.63, 3.8) is 0 Å². The molecule has 1 atom stereocenters. The van der Waals surface area contributed by atoms with Crippen molar-refractivity contribution < 1.29 is 4.79 Å². The molecule has 0 spiro atoms. The minimum Gasteiger partial charge on any atom is -0.368 e. The second-order valence-corrected chi connectivity index (χ2v) is 4.62. The molecule has 1 aromatic rings. The molecule has 5 nitrogen and oxygen atoms in total. The van der Waals surface area contributed by atoms with Crippen LogP contribution >= 0.6 is 11.6 Å². The summed E-state index contributed by atoms with van der Waals surface area (Å²) in [6, 6.07) is 0. The number of primary amides is 1. The summed E-state index contributed by atoms with van der Waals surface area (Å²) in [5.74, 6) is -0.484. The van der Waals surface area contributed by atoms with E-state index in [1.807, 2.05) is 6.92 Å². The van der Waals surface area contributed by atoms with Crippen LogP contribution in [0.5, 0.6) is 0 Å². The first-order valence-electron chi connectivity index (χ1n) is 5.11. The summed E-state index contributed by atoms with van der Waals surface area (Å²) in [5.41, 5.74) is 10.7. The van der Waals surface area contributed by atoms with E-state index in [0.29, 0.717) is 18.0 Å². The van der Waals surface area contributed by atoms with Gasteiger partial charge in [0.2, 0.25) is 5.91 Å². The smallest absolute Gasteiger partial charge is 0.237 e. The van der Waals surface area contributed by atoms with Crippen LogP contribution < -0.4 is 11.5 Å². The monoisotopic (exact) mass is 244 g/mol. The third-order valence-electron chi connectivity index (χ3n) is 2.53. The van der Waals surface area contributed by atoms with E-state index in [2.05, 4.69) is 5.10 Å². The van der Waals surface area contributed by atoms with E-state index in [0.717, 1.165) is 12.1 Å². The molecular formula is C10H17ClN4O. The summed E-state index contributed by atoms with van der Waals surface area (Å²) in [4.78, 5) is 11.0. The Balaban J connectivity index is 2.44. The van der Waals surface area contributed by atoms with Crippen molar-refractivity contribution in [2.45, 2.75) is 38.8 Å². The molecule has 1 unspecified atom stereocenters. The molecule has 0 saturated carbocycles. The highest BCUT2D eigenvalue weighted by atomic mass is 35.5. The number of hydrogen-bond acceptors (Lipinski definition) is 3. The van der Waals surface area contributed by atoms with Gasteiger partial charge in [-0.05, 0) is 26.7 Å². The lowest BCUT2D eigenvalue weighted by Gasteiger charge is -2.19. The standard InChI is InChI=1S/C10H17ClN4O/c1-7-8(11)6-15(14-7)5-3-4-10(2,13)9(12)16/h6H,3-5,13H2,1-2H3,(H2,12,16). The zero-order chi connectivity index (χ0) is 12.3. The van der Waals surface area contributed by atoms with Crippen molar-refractivity contribution in [1.82, 2.24) is 9.78 Å². The summed E-state index contributed by atoms with van der Waals surface area (Å²) < 4.78 is 1.74. The van der Waals surface area contributed by atoms with Gasteiger partial charge in [-0.25, -0.2) is 0 Å². The van der Waals surface area contributed by atoms with Crippen molar-refractivity contribution in [2.24, 2.45) is 11.5 Å². The maximum atomic E-state index is 11.0. The van der Waals surface area contributed by atoms with Gasteiger partial charge in [-0.1, -0.05) is 11.6 Å². The number of carbonyl (C=O) groups is 1. The Morgan fingerprint density at radius 1 is 1.69 bits per heavy atom. The van der Waals surface area contributed by atoms with Gasteiger partial charge in [-0.2, -0.15) is 5.10 Å². The van der Waals surface area contributed by atoms with Crippen LogP contribution in [0.15, 0.2) is 6.20 Å². The minimum absolute atomic E-state index is 0.484. The predicted octanol–water partition coefficient (Wildman–Crippen LogP) is 0.828. The lowest BCUT2D eigenvalue weighted by Crippen LogP contribution is -2.49. The topological polar surface area (TPSA) is 86.9 Å². The number of carbonyl (C=O) groups excluding carboxylic acids is 1. The fraction of sp³-hybridized carbons (Fsp3) is 0.600. The largest absolute Gasteiger partial charge is 0.368 e. The lowest BCUT2D eigenvalue weighted by atomic mass is 9.96. The molecule has 0 bridgehead atoms. The molecule has 0 fully saturated rings. The molecule has 0 aliphatic rings. The Hall–Kier alpha value is -1.07. The van der Waals surface area contributed by atoms with Crippen molar-refractivity contribution in [1.29, 1.82) is 0 Å². The molecule has 4 N–H and O–H groups in total. The van der Waals surface area contributed by atoms with E-state index in [1.165, 1.54) is 0 Å². The van der Waals surface area contributed by atoms with E-state index in [9.17, 15) is 4.79 Å². The molecule has 0 radical (unpaired) electrons. The van der Waals surface area contributed by atoms with Gasteiger partial charge < -0.3 is 11.5 Å². The van der Waals surface area contributed by atoms with Gasteiger partial charge in [0.15, 0.2) is 0 Å². The Kier molecular flexibility index (Phi) is 3.93. The van der Waals surface area contributed by atoms with E-state index in [4.69, 9.17) is 23.1 Å². The Labute approximate surface area is 99.7 Å². The second kappa shape index (κ2) is 4.84. The molecule has 1 heterocycles. The molecule has 90 valence electrons. The normalized spacial score (nSPS) is 14.8. The van der Waals surface area contributed by atoms with Crippen molar-refractivity contribution in [3.05, 3.63) is 16.9 Å². The summed E-state index contributed by atoms with van der Waals surface area (Å²) in [5, 5.41) is 4.85. The Bertz CT molecular complexity index is 367. The fourth-order valence-corrected chi connectivity index (χ4v) is 1.49. The number of nitrogens with two attached hydrogens (primary N) is 2. The Morgan fingerprint density at radius 3 is 2.75 bits per heavy atom. The zero-order valence-corrected chi connectivity index (χ0v) is 10.3. The summed E-state index contributed by atoms with van der Waals surface area (Å²) in [7, 11) is 0. The summed E-state index contributed by atoms with van der Waals surface area (Å²) in [6.07, 6.45) is 3.02.